The maximum atomic E-state index is 10.9. The van der Waals surface area contributed by atoms with E-state index in [0.29, 0.717) is 31.7 Å². The van der Waals surface area contributed by atoms with Crippen molar-refractivity contribution >= 4 is 11.8 Å². The Balaban J connectivity index is 2.45. The van der Waals surface area contributed by atoms with Gasteiger partial charge in [-0.05, 0) is 31.0 Å². The number of anilines is 1. The summed E-state index contributed by atoms with van der Waals surface area (Å²) in [5.74, 6) is -0.409. The Labute approximate surface area is 100 Å². The van der Waals surface area contributed by atoms with Gasteiger partial charge in [-0.15, -0.1) is 0 Å². The minimum absolute atomic E-state index is 0.451. The second kappa shape index (κ2) is 6.82. The maximum absolute atomic E-state index is 10.9. The first-order valence-corrected chi connectivity index (χ1v) is 5.50. The third-order valence-electron chi connectivity index (χ3n) is 2.40. The lowest BCUT2D eigenvalue weighted by molar-refractivity contribution is -0.139. The Morgan fingerprint density at radius 1 is 1.53 bits per heavy atom. The Bertz CT molecular complexity index is 353. The minimum atomic E-state index is -0.859. The third kappa shape index (κ3) is 4.80. The lowest BCUT2D eigenvalue weighted by Crippen LogP contribution is -2.36. The quantitative estimate of drug-likeness (QED) is 0.529. The molecule has 0 fully saturated rings. The monoisotopic (exact) mass is 238 g/mol. The molecule has 0 aromatic carbocycles. The lowest BCUT2D eigenvalue weighted by atomic mass is 10.1. The van der Waals surface area contributed by atoms with Gasteiger partial charge >= 0.3 is 5.97 Å². The molecular formula is C11H18N4O2. The number of nitrogens with two attached hydrogens (primary N) is 2. The zero-order valence-corrected chi connectivity index (χ0v) is 9.60. The molecule has 0 unspecified atom stereocenters. The molecule has 0 amide bonds. The molecule has 0 saturated heterocycles. The van der Waals surface area contributed by atoms with Crippen LogP contribution in [0.5, 0.6) is 0 Å². The van der Waals surface area contributed by atoms with Crippen molar-refractivity contribution in [3.63, 3.8) is 0 Å². The van der Waals surface area contributed by atoms with E-state index in [2.05, 4.69) is 10.3 Å². The summed E-state index contributed by atoms with van der Waals surface area (Å²) in [6.07, 6.45) is 2.84. The van der Waals surface area contributed by atoms with Gasteiger partial charge in [0.15, 0.2) is 0 Å². The van der Waals surface area contributed by atoms with Crippen LogP contribution in [0.3, 0.4) is 0 Å². The van der Waals surface area contributed by atoms with Gasteiger partial charge in [-0.2, -0.15) is 0 Å². The van der Waals surface area contributed by atoms with Crippen LogP contribution in [0.2, 0.25) is 0 Å². The number of nitrogen functional groups attached to an aromatic ring is 1. The Morgan fingerprint density at radius 3 is 2.82 bits per heavy atom. The van der Waals surface area contributed by atoms with Crippen molar-refractivity contribution in [1.82, 2.24) is 10.3 Å². The molecule has 0 aliphatic heterocycles. The molecule has 1 atom stereocenters. The van der Waals surface area contributed by atoms with Crippen LogP contribution in [0, 0.1) is 0 Å². The van der Waals surface area contributed by atoms with E-state index in [-0.39, 0.29) is 0 Å². The summed E-state index contributed by atoms with van der Waals surface area (Å²) < 4.78 is 0. The highest BCUT2D eigenvalue weighted by molar-refractivity contribution is 5.73. The fraction of sp³-hybridized carbons (Fsp3) is 0.455. The van der Waals surface area contributed by atoms with Crippen molar-refractivity contribution in [2.75, 3.05) is 12.3 Å². The Kier molecular flexibility index (Phi) is 5.38. The van der Waals surface area contributed by atoms with Gasteiger partial charge in [0, 0.05) is 12.7 Å². The number of nitrogens with one attached hydrogen (secondary N) is 1. The van der Waals surface area contributed by atoms with E-state index >= 15 is 0 Å². The molecule has 0 aliphatic rings. The number of aromatic nitrogens is 1. The number of pyridine rings is 1. The Hall–Kier alpha value is -1.66. The summed E-state index contributed by atoms with van der Waals surface area (Å²) >= 11 is 0. The molecule has 6 nitrogen and oxygen atoms in total. The molecule has 6 heteroatoms. The normalized spacial score (nSPS) is 12.3. The van der Waals surface area contributed by atoms with Crippen LogP contribution < -0.4 is 16.8 Å². The molecule has 1 rings (SSSR count). The predicted octanol–water partition coefficient (Wildman–Crippen LogP) is -0.0545. The molecule has 0 saturated carbocycles. The van der Waals surface area contributed by atoms with Crippen molar-refractivity contribution < 1.29 is 9.90 Å². The highest BCUT2D eigenvalue weighted by Crippen LogP contribution is 2.03. The molecule has 0 aliphatic carbocycles. The highest BCUT2D eigenvalue weighted by Gasteiger charge is 2.15. The second-order valence-corrected chi connectivity index (χ2v) is 3.79. The van der Waals surface area contributed by atoms with Crippen LogP contribution in [-0.4, -0.2) is 28.6 Å². The van der Waals surface area contributed by atoms with E-state index in [1.165, 1.54) is 0 Å². The highest BCUT2D eigenvalue weighted by atomic mass is 16.4. The second-order valence-electron chi connectivity index (χ2n) is 3.79. The molecule has 6 N–H and O–H groups in total. The van der Waals surface area contributed by atoms with Crippen LogP contribution in [0.25, 0.3) is 0 Å². The molecule has 0 radical (unpaired) electrons. The maximum Gasteiger partial charge on any atom is 0.320 e. The molecular weight excluding hydrogens is 220 g/mol. The first kappa shape index (κ1) is 13.4. The van der Waals surface area contributed by atoms with Gasteiger partial charge < -0.3 is 21.9 Å². The predicted molar refractivity (Wildman–Crippen MR) is 65.2 cm³/mol. The van der Waals surface area contributed by atoms with Gasteiger partial charge in [-0.3, -0.25) is 4.79 Å². The van der Waals surface area contributed by atoms with Crippen molar-refractivity contribution in [3.05, 3.63) is 23.9 Å². The zero-order valence-electron chi connectivity index (χ0n) is 9.60. The van der Waals surface area contributed by atoms with Crippen molar-refractivity contribution in [2.24, 2.45) is 5.73 Å². The summed E-state index contributed by atoms with van der Waals surface area (Å²) in [6.45, 7) is 0.948. The molecule has 94 valence electrons. The number of carbonyl (C=O) groups is 1. The van der Waals surface area contributed by atoms with E-state index in [9.17, 15) is 4.79 Å². The van der Waals surface area contributed by atoms with E-state index in [1.807, 2.05) is 6.07 Å². The van der Waals surface area contributed by atoms with Crippen LogP contribution in [0.1, 0.15) is 18.4 Å². The lowest BCUT2D eigenvalue weighted by Gasteiger charge is -2.13. The molecule has 17 heavy (non-hydrogen) atoms. The van der Waals surface area contributed by atoms with Crippen molar-refractivity contribution in [3.8, 4) is 0 Å². The number of aliphatic carboxylic acids is 1. The topological polar surface area (TPSA) is 114 Å². The van der Waals surface area contributed by atoms with Gasteiger partial charge in [0.25, 0.3) is 0 Å². The summed E-state index contributed by atoms with van der Waals surface area (Å²) in [7, 11) is 0. The summed E-state index contributed by atoms with van der Waals surface area (Å²) in [6, 6.07) is 2.93. The summed E-state index contributed by atoms with van der Waals surface area (Å²) in [5, 5.41) is 11.9. The number of hydrogen-bond donors (Lipinski definition) is 4. The molecule has 1 aromatic rings. The number of carboxylic acids is 1. The largest absolute Gasteiger partial charge is 0.480 e. The van der Waals surface area contributed by atoms with Crippen molar-refractivity contribution in [2.45, 2.75) is 25.4 Å². The van der Waals surface area contributed by atoms with Crippen LogP contribution in [0.4, 0.5) is 5.82 Å². The van der Waals surface area contributed by atoms with Gasteiger partial charge in [0.2, 0.25) is 0 Å². The first-order valence-electron chi connectivity index (χ1n) is 5.50. The van der Waals surface area contributed by atoms with Gasteiger partial charge in [-0.1, -0.05) is 6.07 Å². The zero-order chi connectivity index (χ0) is 12.7. The molecule has 1 aromatic heterocycles. The molecule has 0 spiro atoms. The fourth-order valence-corrected chi connectivity index (χ4v) is 1.42. The minimum Gasteiger partial charge on any atom is -0.480 e. The first-order chi connectivity index (χ1) is 8.13. The summed E-state index contributed by atoms with van der Waals surface area (Å²) in [4.78, 5) is 14.9. The van der Waals surface area contributed by atoms with E-state index in [0.717, 1.165) is 5.56 Å². The number of nitrogens with zero attached hydrogens (tertiary/aromatic N) is 1. The standard InChI is InChI=1S/C11H18N4O2/c12-5-1-2-9(11(16)17)14-6-8-3-4-10(13)15-7-8/h3-4,7,9,14H,1-2,5-6,12H2,(H2,13,15)(H,16,17)/t9-/m0/s1. The number of carboxylic acid groups (broad SMARTS) is 1. The smallest absolute Gasteiger partial charge is 0.320 e. The fourth-order valence-electron chi connectivity index (χ4n) is 1.42. The average Bonchev–Trinajstić information content (AvgIpc) is 2.31. The van der Waals surface area contributed by atoms with Crippen LogP contribution >= 0.6 is 0 Å². The molecule has 0 bridgehead atoms. The van der Waals surface area contributed by atoms with Gasteiger partial charge in [0.1, 0.15) is 11.9 Å². The van der Waals surface area contributed by atoms with Crippen molar-refractivity contribution in [1.29, 1.82) is 0 Å². The van der Waals surface area contributed by atoms with Crippen LogP contribution in [0.15, 0.2) is 18.3 Å². The van der Waals surface area contributed by atoms with E-state index < -0.39 is 12.0 Å². The van der Waals surface area contributed by atoms with E-state index in [4.69, 9.17) is 16.6 Å². The van der Waals surface area contributed by atoms with Gasteiger partial charge in [-0.25, -0.2) is 4.98 Å². The SMILES string of the molecule is NCCC[C@H](NCc1ccc(N)nc1)C(=O)O. The number of hydrogen-bond acceptors (Lipinski definition) is 5. The van der Waals surface area contributed by atoms with Gasteiger partial charge in [0.05, 0.1) is 0 Å². The summed E-state index contributed by atoms with van der Waals surface area (Å²) in [5.41, 5.74) is 11.7. The average molecular weight is 238 g/mol. The number of rotatable bonds is 7. The van der Waals surface area contributed by atoms with Crippen LogP contribution in [-0.2, 0) is 11.3 Å². The third-order valence-corrected chi connectivity index (χ3v) is 2.40. The molecule has 1 heterocycles. The Morgan fingerprint density at radius 2 is 2.29 bits per heavy atom. The van der Waals surface area contributed by atoms with E-state index in [1.54, 1.807) is 12.3 Å².